The standard InChI is InChI=1S/C62H74N4S7/c1-8-12-16-20-24-42-26-28-52(68-42)54-32-30-50(70-54)44-39-65-59(58(41(44)5)66-67-7)57-37-47-61(73-57)60-46(62(47,34-22-18-14-10-3)35-23-19-15-11-4)36-56(72-60)49-38-48(63-6)45(40-64-49)51-31-33-55(71-51)53-29-27-43(69-53)25-21-17-13-9-2/h26-33,36-37,39-40H,5,8-25,34-35,38H2,1-4,6-7H3/b63-48+,66-58+. The minimum atomic E-state index is -0.0489. The summed E-state index contributed by atoms with van der Waals surface area (Å²) in [6.07, 6.45) is 32.1. The van der Waals surface area contributed by atoms with Gasteiger partial charge in [-0.1, -0.05) is 124 Å². The zero-order valence-corrected chi connectivity index (χ0v) is 49.8. The number of thiophene rings is 6. The number of nitrogens with zero attached hydrogens (tertiary/aromatic N) is 4. The Bertz CT molecular complexity index is 3020. The summed E-state index contributed by atoms with van der Waals surface area (Å²) >= 11 is 13.0. The molecule has 8 heterocycles. The number of fused-ring (bicyclic) bond motifs is 3. The second-order valence-corrected chi connectivity index (χ2v) is 27.1. The molecule has 2 aliphatic heterocycles. The Morgan fingerprint density at radius 2 is 1.01 bits per heavy atom. The van der Waals surface area contributed by atoms with Crippen LogP contribution in [0.3, 0.4) is 0 Å². The molecule has 0 bridgehead atoms. The van der Waals surface area contributed by atoms with Crippen LogP contribution < -0.4 is 0 Å². The van der Waals surface area contributed by atoms with Crippen molar-refractivity contribution in [3.05, 3.63) is 126 Å². The van der Waals surface area contributed by atoms with Gasteiger partial charge in [-0.3, -0.25) is 15.0 Å². The number of unbranched alkanes of at least 4 members (excludes halogenated alkanes) is 12. The number of hydrogen-bond acceptors (Lipinski definition) is 11. The summed E-state index contributed by atoms with van der Waals surface area (Å²) < 4.78 is 5.10. The molecule has 0 unspecified atom stereocenters. The molecule has 6 aromatic rings. The minimum Gasteiger partial charge on any atom is -0.292 e. The van der Waals surface area contributed by atoms with E-state index in [2.05, 4.69) is 107 Å². The van der Waals surface area contributed by atoms with Crippen molar-refractivity contribution < 1.29 is 0 Å². The fraction of sp³-hybridized carbons (Fsp3) is 0.452. The molecule has 0 fully saturated rings. The molecule has 1 aliphatic carbocycles. The molecule has 0 N–H and O–H groups in total. The zero-order chi connectivity index (χ0) is 50.7. The average Bonchev–Trinajstić information content (AvgIpc) is 4.28. The van der Waals surface area contributed by atoms with Crippen LogP contribution in [0, 0.1) is 0 Å². The SMILES string of the molecule is C=C1C(c2ccc(-c3ccc(CCCCCC)s3)s2)=CN=C(c2cc3c(s2)-c2sc(C4=NC=C(c5ccc(-c6ccc(CCCCCC)s6)s5)/C(=N/C)C4)cc2C3(CCCCCC)CCCCCC)/C1=N/SC. The molecule has 0 saturated carbocycles. The molecule has 4 nitrogen and oxygen atoms in total. The van der Waals surface area contributed by atoms with Gasteiger partial charge in [0.2, 0.25) is 0 Å². The van der Waals surface area contributed by atoms with E-state index in [9.17, 15) is 0 Å². The van der Waals surface area contributed by atoms with Gasteiger partial charge in [-0.05, 0) is 122 Å². The van der Waals surface area contributed by atoms with E-state index >= 15 is 0 Å². The van der Waals surface area contributed by atoms with Crippen molar-refractivity contribution in [3.63, 3.8) is 0 Å². The first-order chi connectivity index (χ1) is 35.8. The molecule has 0 radical (unpaired) electrons. The third-order valence-electron chi connectivity index (χ3n) is 14.8. The quantitative estimate of drug-likeness (QED) is 0.0375. The van der Waals surface area contributed by atoms with E-state index in [1.165, 1.54) is 197 Å². The van der Waals surface area contributed by atoms with E-state index in [4.69, 9.17) is 26.0 Å². The maximum absolute atomic E-state index is 5.33. The highest BCUT2D eigenvalue weighted by molar-refractivity contribution is 7.97. The fourth-order valence-electron chi connectivity index (χ4n) is 10.8. The Morgan fingerprint density at radius 3 is 1.56 bits per heavy atom. The molecule has 3 aliphatic rings. The topological polar surface area (TPSA) is 49.4 Å². The van der Waals surface area contributed by atoms with E-state index in [1.54, 1.807) is 0 Å². The van der Waals surface area contributed by atoms with Crippen molar-refractivity contribution in [1.82, 2.24) is 0 Å². The predicted molar refractivity (Wildman–Crippen MR) is 334 cm³/mol. The van der Waals surface area contributed by atoms with E-state index in [-0.39, 0.29) is 5.41 Å². The zero-order valence-electron chi connectivity index (χ0n) is 44.1. The van der Waals surface area contributed by atoms with Gasteiger partial charge in [-0.25, -0.2) is 4.40 Å². The van der Waals surface area contributed by atoms with Gasteiger partial charge in [-0.2, -0.15) is 0 Å². The highest BCUT2D eigenvalue weighted by atomic mass is 32.2. The molecular weight excluding hydrogens is 1030 g/mol. The van der Waals surface area contributed by atoms with Gasteiger partial charge in [0.15, 0.2) is 0 Å². The second kappa shape index (κ2) is 26.0. The van der Waals surface area contributed by atoms with Crippen LogP contribution >= 0.6 is 80.0 Å². The van der Waals surface area contributed by atoms with Crippen molar-refractivity contribution >= 4 is 114 Å². The first-order valence-electron chi connectivity index (χ1n) is 27.3. The lowest BCUT2D eigenvalue weighted by Crippen LogP contribution is -2.25. The molecule has 0 spiro atoms. The lowest BCUT2D eigenvalue weighted by molar-refractivity contribution is 0.402. The van der Waals surface area contributed by atoms with Crippen molar-refractivity contribution in [2.45, 2.75) is 168 Å². The summed E-state index contributed by atoms with van der Waals surface area (Å²) in [7, 11) is 1.96. The van der Waals surface area contributed by atoms with Gasteiger partial charge < -0.3 is 0 Å². The van der Waals surface area contributed by atoms with Gasteiger partial charge in [0.25, 0.3) is 0 Å². The molecule has 6 aromatic heterocycles. The maximum Gasteiger partial charge on any atom is 0.107 e. The average molecular weight is 1100 g/mol. The molecule has 73 heavy (non-hydrogen) atoms. The summed E-state index contributed by atoms with van der Waals surface area (Å²) in [4.78, 5) is 31.7. The predicted octanol–water partition coefficient (Wildman–Crippen LogP) is 21.3. The van der Waals surface area contributed by atoms with Crippen LogP contribution in [0.4, 0.5) is 0 Å². The highest BCUT2D eigenvalue weighted by Crippen LogP contribution is 2.60. The van der Waals surface area contributed by atoms with Crippen molar-refractivity contribution in [2.75, 3.05) is 13.3 Å². The Hall–Kier alpha value is -3.55. The lowest BCUT2D eigenvalue weighted by Gasteiger charge is -2.31. The van der Waals surface area contributed by atoms with Crippen molar-refractivity contribution in [3.8, 4) is 29.3 Å². The van der Waals surface area contributed by atoms with E-state index in [1.807, 2.05) is 75.1 Å². The van der Waals surface area contributed by atoms with Crippen LogP contribution in [0.15, 0.2) is 105 Å². The molecule has 0 atom stereocenters. The minimum absolute atomic E-state index is 0.0489. The van der Waals surface area contributed by atoms with Crippen LogP contribution in [0.5, 0.6) is 0 Å². The second-order valence-electron chi connectivity index (χ2n) is 20.0. The molecule has 9 rings (SSSR count). The Balaban J connectivity index is 1.04. The first kappa shape index (κ1) is 54.2. The maximum atomic E-state index is 5.33. The number of aryl methyl sites for hydroxylation is 2. The summed E-state index contributed by atoms with van der Waals surface area (Å²) in [6.45, 7) is 14.0. The van der Waals surface area contributed by atoms with Crippen molar-refractivity contribution in [1.29, 1.82) is 0 Å². The van der Waals surface area contributed by atoms with E-state index < -0.39 is 0 Å². The Labute approximate surface area is 465 Å². The summed E-state index contributed by atoms with van der Waals surface area (Å²) in [6, 6.07) is 23.5. The number of rotatable bonds is 27. The van der Waals surface area contributed by atoms with Gasteiger partial charge in [-0.15, -0.1) is 68.0 Å². The number of hydrogen-bond donors (Lipinski definition) is 0. The van der Waals surface area contributed by atoms with E-state index in [0.717, 1.165) is 58.8 Å². The smallest absolute Gasteiger partial charge is 0.107 e. The van der Waals surface area contributed by atoms with Gasteiger partial charge in [0.05, 0.1) is 16.3 Å². The lowest BCUT2D eigenvalue weighted by atomic mass is 9.71. The molecule has 384 valence electrons. The van der Waals surface area contributed by atoms with Crippen molar-refractivity contribution in [2.24, 2.45) is 19.4 Å². The molecule has 0 aromatic carbocycles. The normalized spacial score (nSPS) is 16.3. The third kappa shape index (κ3) is 12.2. The van der Waals surface area contributed by atoms with Crippen LogP contribution in [0.2, 0.25) is 0 Å². The summed E-state index contributed by atoms with van der Waals surface area (Å²) in [5.74, 6) is 0. The van der Waals surface area contributed by atoms with Crippen LogP contribution in [-0.2, 0) is 18.3 Å². The first-order valence-corrected chi connectivity index (χ1v) is 33.4. The molecule has 0 saturated heterocycles. The Morgan fingerprint density at radius 1 is 0.534 bits per heavy atom. The highest BCUT2D eigenvalue weighted by Gasteiger charge is 2.46. The van der Waals surface area contributed by atoms with Gasteiger partial charge in [0.1, 0.15) is 11.4 Å². The van der Waals surface area contributed by atoms with Crippen LogP contribution in [0.1, 0.15) is 190 Å². The number of aliphatic imine (C=N–C) groups is 3. The van der Waals surface area contributed by atoms with Gasteiger partial charge in [0, 0.05) is 108 Å². The molecule has 11 heteroatoms. The Kier molecular flexibility index (Phi) is 19.3. The third-order valence-corrected chi connectivity index (χ3v) is 22.6. The van der Waals surface area contributed by atoms with Crippen LogP contribution in [-0.4, -0.2) is 36.2 Å². The molecule has 0 amide bonds. The largest absolute Gasteiger partial charge is 0.292 e. The van der Waals surface area contributed by atoms with E-state index in [0.29, 0.717) is 0 Å². The van der Waals surface area contributed by atoms with Gasteiger partial charge >= 0.3 is 0 Å². The molecular formula is C62H74N4S7. The number of allylic oxidation sites excluding steroid dienone is 3. The van der Waals surface area contributed by atoms with Crippen LogP contribution in [0.25, 0.3) is 40.4 Å². The summed E-state index contributed by atoms with van der Waals surface area (Å²) in [5.41, 5.74) is 10.3. The monoisotopic (exact) mass is 1100 g/mol. The fourth-order valence-corrected chi connectivity index (χ4v) is 18.2. The summed E-state index contributed by atoms with van der Waals surface area (Å²) in [5, 5.41) is 0.